The first-order valence-corrected chi connectivity index (χ1v) is 7.02. The first kappa shape index (κ1) is 14.6. The summed E-state index contributed by atoms with van der Waals surface area (Å²) in [7, 11) is 0. The monoisotopic (exact) mass is 279 g/mol. The van der Waals surface area contributed by atoms with Gasteiger partial charge in [0.05, 0.1) is 12.2 Å². The van der Waals surface area contributed by atoms with Crippen LogP contribution in [0.4, 0.5) is 0 Å². The van der Waals surface area contributed by atoms with Gasteiger partial charge in [-0.05, 0) is 26.7 Å². The summed E-state index contributed by atoms with van der Waals surface area (Å²) in [6, 6.07) is -0.843. The molecule has 2 atom stereocenters. The Kier molecular flexibility index (Phi) is 4.11. The van der Waals surface area contributed by atoms with Crippen LogP contribution in [0, 0.1) is 13.8 Å². The quantitative estimate of drug-likeness (QED) is 0.901. The SMILES string of the molecule is CCC1NC(=O)C(CC)N(Cc2c(C)noc2C)C1=O. The van der Waals surface area contributed by atoms with Gasteiger partial charge in [-0.2, -0.15) is 0 Å². The number of nitrogens with zero attached hydrogens (tertiary/aromatic N) is 2. The molecule has 2 unspecified atom stereocenters. The van der Waals surface area contributed by atoms with Crippen LogP contribution in [0.2, 0.25) is 0 Å². The van der Waals surface area contributed by atoms with E-state index >= 15 is 0 Å². The lowest BCUT2D eigenvalue weighted by molar-refractivity contribution is -0.150. The molecule has 0 spiro atoms. The zero-order chi connectivity index (χ0) is 14.9. The van der Waals surface area contributed by atoms with Crippen molar-refractivity contribution < 1.29 is 14.1 Å². The van der Waals surface area contributed by atoms with Crippen LogP contribution in [0.25, 0.3) is 0 Å². The molecular formula is C14H21N3O3. The van der Waals surface area contributed by atoms with Gasteiger partial charge in [0.1, 0.15) is 17.8 Å². The van der Waals surface area contributed by atoms with Crippen LogP contribution in [-0.4, -0.2) is 34.0 Å². The molecule has 2 amide bonds. The summed E-state index contributed by atoms with van der Waals surface area (Å²) in [6.07, 6.45) is 1.19. The lowest BCUT2D eigenvalue weighted by Crippen LogP contribution is -2.62. The maximum Gasteiger partial charge on any atom is 0.246 e. The third-order valence-corrected chi connectivity index (χ3v) is 3.88. The van der Waals surface area contributed by atoms with Crippen LogP contribution in [0.5, 0.6) is 0 Å². The van der Waals surface area contributed by atoms with Crippen molar-refractivity contribution in [2.45, 2.75) is 59.2 Å². The van der Waals surface area contributed by atoms with Gasteiger partial charge in [0, 0.05) is 5.56 Å². The molecular weight excluding hydrogens is 258 g/mol. The first-order valence-electron chi connectivity index (χ1n) is 7.02. The molecule has 0 aromatic carbocycles. The van der Waals surface area contributed by atoms with Crippen LogP contribution in [0.3, 0.4) is 0 Å². The second-order valence-electron chi connectivity index (χ2n) is 5.16. The van der Waals surface area contributed by atoms with Gasteiger partial charge in [-0.25, -0.2) is 0 Å². The largest absolute Gasteiger partial charge is 0.361 e. The molecule has 1 fully saturated rings. The Hall–Kier alpha value is -1.85. The summed E-state index contributed by atoms with van der Waals surface area (Å²) in [5.41, 5.74) is 1.66. The minimum atomic E-state index is -0.425. The Balaban J connectivity index is 2.29. The van der Waals surface area contributed by atoms with E-state index in [0.29, 0.717) is 25.1 Å². The van der Waals surface area contributed by atoms with E-state index in [1.54, 1.807) is 4.90 Å². The van der Waals surface area contributed by atoms with E-state index in [-0.39, 0.29) is 11.8 Å². The predicted octanol–water partition coefficient (Wildman–Crippen LogP) is 1.31. The van der Waals surface area contributed by atoms with E-state index in [2.05, 4.69) is 10.5 Å². The number of piperazine rings is 1. The van der Waals surface area contributed by atoms with Crippen LogP contribution >= 0.6 is 0 Å². The number of aryl methyl sites for hydroxylation is 2. The molecule has 2 heterocycles. The molecule has 1 aromatic heterocycles. The minimum Gasteiger partial charge on any atom is -0.361 e. The minimum absolute atomic E-state index is 0.0287. The van der Waals surface area contributed by atoms with Gasteiger partial charge in [0.25, 0.3) is 0 Å². The highest BCUT2D eigenvalue weighted by atomic mass is 16.5. The number of amides is 2. The summed E-state index contributed by atoms with van der Waals surface area (Å²) in [6.45, 7) is 7.84. The van der Waals surface area contributed by atoms with Crippen molar-refractivity contribution in [3.05, 3.63) is 17.0 Å². The number of aromatic nitrogens is 1. The molecule has 1 aromatic rings. The number of nitrogens with one attached hydrogen (secondary N) is 1. The molecule has 110 valence electrons. The molecule has 1 aliphatic heterocycles. The zero-order valence-electron chi connectivity index (χ0n) is 12.4. The highest BCUT2D eigenvalue weighted by molar-refractivity contribution is 5.96. The lowest BCUT2D eigenvalue weighted by Gasteiger charge is -2.38. The maximum atomic E-state index is 12.5. The fourth-order valence-corrected chi connectivity index (χ4v) is 2.59. The lowest BCUT2D eigenvalue weighted by atomic mass is 10.0. The Labute approximate surface area is 118 Å². The van der Waals surface area contributed by atoms with Gasteiger partial charge in [0.15, 0.2) is 0 Å². The molecule has 6 nitrogen and oxygen atoms in total. The van der Waals surface area contributed by atoms with Crippen LogP contribution in [0.1, 0.15) is 43.7 Å². The second kappa shape index (κ2) is 5.64. The van der Waals surface area contributed by atoms with E-state index in [4.69, 9.17) is 4.52 Å². The van der Waals surface area contributed by atoms with E-state index < -0.39 is 12.1 Å². The number of rotatable bonds is 4. The van der Waals surface area contributed by atoms with E-state index in [9.17, 15) is 9.59 Å². The van der Waals surface area contributed by atoms with Crippen LogP contribution in [0.15, 0.2) is 4.52 Å². The van der Waals surface area contributed by atoms with Gasteiger partial charge in [-0.15, -0.1) is 0 Å². The van der Waals surface area contributed by atoms with E-state index in [1.165, 1.54) is 0 Å². The molecule has 0 aliphatic carbocycles. The van der Waals surface area contributed by atoms with Crippen molar-refractivity contribution in [3.63, 3.8) is 0 Å². The molecule has 0 radical (unpaired) electrons. The van der Waals surface area contributed by atoms with Crippen molar-refractivity contribution in [1.82, 2.24) is 15.4 Å². The Morgan fingerprint density at radius 2 is 1.95 bits per heavy atom. The average molecular weight is 279 g/mol. The molecule has 2 rings (SSSR count). The second-order valence-corrected chi connectivity index (χ2v) is 5.16. The van der Waals surface area contributed by atoms with Crippen molar-refractivity contribution in [2.24, 2.45) is 0 Å². The summed E-state index contributed by atoms with van der Waals surface area (Å²) >= 11 is 0. The average Bonchev–Trinajstić information content (AvgIpc) is 2.74. The molecule has 1 aliphatic rings. The summed E-state index contributed by atoms with van der Waals surface area (Å²) in [4.78, 5) is 26.2. The summed E-state index contributed by atoms with van der Waals surface area (Å²) in [5.74, 6) is 0.592. The first-order chi connectivity index (χ1) is 9.49. The van der Waals surface area contributed by atoms with E-state index in [0.717, 1.165) is 11.3 Å². The van der Waals surface area contributed by atoms with Gasteiger partial charge in [-0.3, -0.25) is 9.59 Å². The van der Waals surface area contributed by atoms with Gasteiger partial charge < -0.3 is 14.7 Å². The zero-order valence-corrected chi connectivity index (χ0v) is 12.4. The maximum absolute atomic E-state index is 12.5. The third-order valence-electron chi connectivity index (χ3n) is 3.88. The fourth-order valence-electron chi connectivity index (χ4n) is 2.59. The molecule has 1 N–H and O–H groups in total. The number of hydrogen-bond donors (Lipinski definition) is 1. The number of carbonyl (C=O) groups is 2. The topological polar surface area (TPSA) is 75.4 Å². The Bertz CT molecular complexity index is 504. The number of hydrogen-bond acceptors (Lipinski definition) is 4. The Morgan fingerprint density at radius 1 is 1.25 bits per heavy atom. The summed E-state index contributed by atoms with van der Waals surface area (Å²) < 4.78 is 5.13. The normalized spacial score (nSPS) is 23.1. The van der Waals surface area contributed by atoms with Crippen molar-refractivity contribution in [2.75, 3.05) is 0 Å². The molecule has 0 saturated carbocycles. The van der Waals surface area contributed by atoms with Crippen LogP contribution < -0.4 is 5.32 Å². The van der Waals surface area contributed by atoms with Crippen molar-refractivity contribution in [1.29, 1.82) is 0 Å². The van der Waals surface area contributed by atoms with Crippen molar-refractivity contribution in [3.8, 4) is 0 Å². The summed E-state index contributed by atoms with van der Waals surface area (Å²) in [5, 5.41) is 6.69. The van der Waals surface area contributed by atoms with Gasteiger partial charge in [0.2, 0.25) is 11.8 Å². The van der Waals surface area contributed by atoms with Gasteiger partial charge >= 0.3 is 0 Å². The highest BCUT2D eigenvalue weighted by Crippen LogP contribution is 2.21. The standard InChI is InChI=1S/C14H21N3O3/c1-5-11-14(19)17(12(6-2)13(18)15-11)7-10-8(3)16-20-9(10)4/h11-12H,5-7H2,1-4H3,(H,15,18). The van der Waals surface area contributed by atoms with Crippen molar-refractivity contribution >= 4 is 11.8 Å². The van der Waals surface area contributed by atoms with E-state index in [1.807, 2.05) is 27.7 Å². The third kappa shape index (κ3) is 2.42. The molecule has 1 saturated heterocycles. The predicted molar refractivity (Wildman–Crippen MR) is 72.8 cm³/mol. The van der Waals surface area contributed by atoms with Crippen LogP contribution in [-0.2, 0) is 16.1 Å². The Morgan fingerprint density at radius 3 is 2.45 bits per heavy atom. The molecule has 0 bridgehead atoms. The molecule has 20 heavy (non-hydrogen) atoms. The molecule has 6 heteroatoms. The fraction of sp³-hybridized carbons (Fsp3) is 0.643. The number of carbonyl (C=O) groups excluding carboxylic acids is 2. The smallest absolute Gasteiger partial charge is 0.246 e. The van der Waals surface area contributed by atoms with Gasteiger partial charge in [-0.1, -0.05) is 19.0 Å². The highest BCUT2D eigenvalue weighted by Gasteiger charge is 2.39.